The van der Waals surface area contributed by atoms with Crippen LogP contribution in [-0.4, -0.2) is 61.9 Å². The summed E-state index contributed by atoms with van der Waals surface area (Å²) in [5.74, 6) is 1.29. The van der Waals surface area contributed by atoms with E-state index in [4.69, 9.17) is 4.99 Å². The lowest BCUT2D eigenvalue weighted by Gasteiger charge is -2.38. The van der Waals surface area contributed by atoms with Crippen molar-refractivity contribution in [2.24, 2.45) is 15.8 Å². The highest BCUT2D eigenvalue weighted by atomic mass is 127. The topological polar surface area (TPSA) is 47.9 Å². The molecule has 144 valence electrons. The molecular formula is C19H35IN4O. The number of rotatable bonds is 4. The van der Waals surface area contributed by atoms with Gasteiger partial charge in [-0.15, -0.1) is 24.0 Å². The molecule has 2 saturated carbocycles. The molecular weight excluding hydrogens is 427 g/mol. The number of guanidine groups is 1. The Bertz CT molecular complexity index is 496. The second-order valence-electron chi connectivity index (χ2n) is 8.38. The van der Waals surface area contributed by atoms with Crippen LogP contribution < -0.4 is 5.32 Å². The van der Waals surface area contributed by atoms with Crippen molar-refractivity contribution in [3.8, 4) is 0 Å². The minimum Gasteiger partial charge on any atom is -0.357 e. The van der Waals surface area contributed by atoms with Gasteiger partial charge in [0, 0.05) is 33.7 Å². The van der Waals surface area contributed by atoms with Crippen LogP contribution in [0.15, 0.2) is 4.99 Å². The monoisotopic (exact) mass is 462 g/mol. The third kappa shape index (κ3) is 4.25. The first-order chi connectivity index (χ1) is 11.5. The van der Waals surface area contributed by atoms with Gasteiger partial charge in [0.1, 0.15) is 0 Å². The molecule has 1 saturated heterocycles. The first kappa shape index (κ1) is 20.8. The molecule has 0 bridgehead atoms. The van der Waals surface area contributed by atoms with E-state index in [1.165, 1.54) is 25.7 Å². The number of carbonyl (C=O) groups excluding carboxylic acids is 1. The lowest BCUT2D eigenvalue weighted by atomic mass is 9.68. The number of hydrogen-bond donors (Lipinski definition) is 1. The Balaban J connectivity index is 0.00000225. The number of carbonyl (C=O) groups is 1. The van der Waals surface area contributed by atoms with Crippen LogP contribution >= 0.6 is 24.0 Å². The molecule has 3 fully saturated rings. The van der Waals surface area contributed by atoms with Crippen LogP contribution in [0.4, 0.5) is 0 Å². The maximum absolute atomic E-state index is 12.7. The number of halogens is 1. The fourth-order valence-electron chi connectivity index (χ4n) is 4.82. The zero-order valence-corrected chi connectivity index (χ0v) is 18.5. The van der Waals surface area contributed by atoms with E-state index in [0.29, 0.717) is 12.0 Å². The Morgan fingerprint density at radius 3 is 2.28 bits per heavy atom. The van der Waals surface area contributed by atoms with E-state index in [9.17, 15) is 4.79 Å². The van der Waals surface area contributed by atoms with Gasteiger partial charge in [0.2, 0.25) is 5.91 Å². The maximum atomic E-state index is 12.7. The average molecular weight is 462 g/mol. The number of nitrogens with one attached hydrogen (secondary N) is 1. The number of aliphatic imine (C=N–C) groups is 1. The van der Waals surface area contributed by atoms with Crippen molar-refractivity contribution >= 4 is 35.8 Å². The van der Waals surface area contributed by atoms with Gasteiger partial charge in [0.05, 0.1) is 12.0 Å². The van der Waals surface area contributed by atoms with Crippen molar-refractivity contribution in [2.75, 3.05) is 40.3 Å². The molecule has 1 aliphatic heterocycles. The fraction of sp³-hybridized carbons (Fsp3) is 0.895. The molecule has 0 aromatic heterocycles. The van der Waals surface area contributed by atoms with Gasteiger partial charge in [0.25, 0.3) is 0 Å². The molecule has 25 heavy (non-hydrogen) atoms. The molecule has 0 radical (unpaired) electrons. The lowest BCUT2D eigenvalue weighted by Crippen LogP contribution is -2.45. The Kier molecular flexibility index (Phi) is 7.01. The van der Waals surface area contributed by atoms with Gasteiger partial charge in [-0.1, -0.05) is 19.3 Å². The smallest absolute Gasteiger partial charge is 0.230 e. The van der Waals surface area contributed by atoms with Crippen molar-refractivity contribution in [3.05, 3.63) is 0 Å². The summed E-state index contributed by atoms with van der Waals surface area (Å²) in [6.45, 7) is 5.90. The molecule has 0 aromatic carbocycles. The molecule has 1 N–H and O–H groups in total. The van der Waals surface area contributed by atoms with Crippen molar-refractivity contribution < 1.29 is 4.79 Å². The normalized spacial score (nSPS) is 24.0. The number of nitrogens with zero attached hydrogens (tertiary/aromatic N) is 3. The van der Waals surface area contributed by atoms with E-state index < -0.39 is 0 Å². The second-order valence-corrected chi connectivity index (χ2v) is 8.38. The van der Waals surface area contributed by atoms with Crippen LogP contribution in [-0.2, 0) is 4.79 Å². The SMILES string of the molecule is CCNC(=NCC1(C(=O)N(C)C)CCCC1)N1CCC2(CCC2)C1.I. The fourth-order valence-corrected chi connectivity index (χ4v) is 4.82. The number of hydrogen-bond acceptors (Lipinski definition) is 2. The summed E-state index contributed by atoms with van der Waals surface area (Å²) in [5, 5.41) is 3.47. The van der Waals surface area contributed by atoms with E-state index >= 15 is 0 Å². The summed E-state index contributed by atoms with van der Waals surface area (Å²) in [6.07, 6.45) is 9.73. The van der Waals surface area contributed by atoms with E-state index in [-0.39, 0.29) is 35.3 Å². The molecule has 3 aliphatic rings. The second kappa shape index (κ2) is 8.44. The van der Waals surface area contributed by atoms with E-state index in [1.54, 1.807) is 4.90 Å². The molecule has 1 amide bonds. The van der Waals surface area contributed by atoms with Gasteiger partial charge in [-0.3, -0.25) is 9.79 Å². The Labute approximate surface area is 170 Å². The first-order valence-electron chi connectivity index (χ1n) is 9.75. The Morgan fingerprint density at radius 2 is 1.80 bits per heavy atom. The molecule has 2 aliphatic carbocycles. The van der Waals surface area contributed by atoms with Gasteiger partial charge in [-0.25, -0.2) is 0 Å². The highest BCUT2D eigenvalue weighted by Gasteiger charge is 2.45. The molecule has 0 atom stereocenters. The summed E-state index contributed by atoms with van der Waals surface area (Å²) in [5.41, 5.74) is 0.304. The average Bonchev–Trinajstić information content (AvgIpc) is 3.18. The van der Waals surface area contributed by atoms with Crippen molar-refractivity contribution in [2.45, 2.75) is 58.3 Å². The molecule has 0 unspecified atom stereocenters. The van der Waals surface area contributed by atoms with Gasteiger partial charge in [-0.05, 0) is 44.4 Å². The number of amides is 1. The maximum Gasteiger partial charge on any atom is 0.230 e. The van der Waals surface area contributed by atoms with Crippen molar-refractivity contribution in [1.29, 1.82) is 0 Å². The highest BCUT2D eigenvalue weighted by molar-refractivity contribution is 14.0. The lowest BCUT2D eigenvalue weighted by molar-refractivity contribution is -0.138. The highest BCUT2D eigenvalue weighted by Crippen LogP contribution is 2.48. The third-order valence-electron chi connectivity index (χ3n) is 6.44. The molecule has 6 heteroatoms. The molecule has 0 aromatic rings. The summed E-state index contributed by atoms with van der Waals surface area (Å²) in [7, 11) is 3.75. The summed E-state index contributed by atoms with van der Waals surface area (Å²) in [6, 6.07) is 0. The largest absolute Gasteiger partial charge is 0.357 e. The van der Waals surface area contributed by atoms with E-state index in [1.807, 2.05) is 14.1 Å². The van der Waals surface area contributed by atoms with E-state index in [0.717, 1.165) is 51.3 Å². The van der Waals surface area contributed by atoms with Gasteiger partial charge in [-0.2, -0.15) is 0 Å². The molecule has 1 heterocycles. The van der Waals surface area contributed by atoms with Gasteiger partial charge < -0.3 is 15.1 Å². The summed E-state index contributed by atoms with van der Waals surface area (Å²) in [4.78, 5) is 21.9. The Hall–Kier alpha value is -0.530. The van der Waals surface area contributed by atoms with Crippen LogP contribution in [0, 0.1) is 10.8 Å². The van der Waals surface area contributed by atoms with E-state index in [2.05, 4.69) is 17.1 Å². The molecule has 3 rings (SSSR count). The first-order valence-corrected chi connectivity index (χ1v) is 9.75. The third-order valence-corrected chi connectivity index (χ3v) is 6.44. The minimum atomic E-state index is -0.266. The molecule has 5 nitrogen and oxygen atoms in total. The summed E-state index contributed by atoms with van der Waals surface area (Å²) < 4.78 is 0. The van der Waals surface area contributed by atoms with Crippen LogP contribution in [0.3, 0.4) is 0 Å². The number of likely N-dealkylation sites (tertiary alicyclic amines) is 1. The zero-order valence-electron chi connectivity index (χ0n) is 16.1. The standard InChI is InChI=1S/C19H34N4O.HI/c1-4-20-17(23-13-12-18(15-23)8-7-9-18)21-14-19(10-5-6-11-19)16(24)22(2)3;/h4-15H2,1-3H3,(H,20,21);1H. The summed E-state index contributed by atoms with van der Waals surface area (Å²) >= 11 is 0. The molecule has 1 spiro atoms. The predicted molar refractivity (Wildman–Crippen MR) is 113 cm³/mol. The van der Waals surface area contributed by atoms with Gasteiger partial charge >= 0.3 is 0 Å². The van der Waals surface area contributed by atoms with Crippen LogP contribution in [0.2, 0.25) is 0 Å². The van der Waals surface area contributed by atoms with Gasteiger partial charge in [0.15, 0.2) is 5.96 Å². The van der Waals surface area contributed by atoms with Crippen LogP contribution in [0.5, 0.6) is 0 Å². The van der Waals surface area contributed by atoms with Crippen molar-refractivity contribution in [3.63, 3.8) is 0 Å². The van der Waals surface area contributed by atoms with Crippen molar-refractivity contribution in [1.82, 2.24) is 15.1 Å². The Morgan fingerprint density at radius 1 is 1.12 bits per heavy atom. The predicted octanol–water partition coefficient (Wildman–Crippen LogP) is 3.09. The van der Waals surface area contributed by atoms with Crippen LogP contribution in [0.1, 0.15) is 58.3 Å². The minimum absolute atomic E-state index is 0. The van der Waals surface area contributed by atoms with Crippen LogP contribution in [0.25, 0.3) is 0 Å². The quantitative estimate of drug-likeness (QED) is 0.397. The zero-order chi connectivity index (χ0) is 17.2.